The van der Waals surface area contributed by atoms with Crippen LogP contribution in [0.2, 0.25) is 0 Å². The van der Waals surface area contributed by atoms with E-state index in [9.17, 15) is 0 Å². The van der Waals surface area contributed by atoms with E-state index in [2.05, 4.69) is 148 Å². The van der Waals surface area contributed by atoms with Crippen molar-refractivity contribution in [2.75, 3.05) is 0 Å². The Morgan fingerprint density at radius 2 is 1.13 bits per heavy atom. The summed E-state index contributed by atoms with van der Waals surface area (Å²) in [6.07, 6.45) is 10.2. The van der Waals surface area contributed by atoms with Crippen molar-refractivity contribution in [3.8, 4) is 39.2 Å². The third kappa shape index (κ3) is 4.46. The summed E-state index contributed by atoms with van der Waals surface area (Å²) in [6, 6.07) is 47.9. The summed E-state index contributed by atoms with van der Waals surface area (Å²) in [5.41, 5.74) is 11.9. The van der Waals surface area contributed by atoms with E-state index in [1.54, 1.807) is 0 Å². The summed E-state index contributed by atoms with van der Waals surface area (Å²) in [6.45, 7) is 0. The highest BCUT2D eigenvalue weighted by atomic mass is 32.2. The number of pyridine rings is 2. The van der Waals surface area contributed by atoms with Crippen LogP contribution in [0.3, 0.4) is 0 Å². The molecule has 0 saturated heterocycles. The predicted molar refractivity (Wildman–Crippen MR) is 192 cm³/mol. The lowest BCUT2D eigenvalue weighted by molar-refractivity contribution is 1.08. The lowest BCUT2D eigenvalue weighted by Crippen LogP contribution is -1.96. The number of hydrogen-bond acceptors (Lipinski definition) is 3. The van der Waals surface area contributed by atoms with Crippen molar-refractivity contribution in [1.29, 1.82) is 0 Å². The second-order valence-electron chi connectivity index (χ2n) is 11.5. The average Bonchev–Trinajstić information content (AvgIpc) is 3.44. The van der Waals surface area contributed by atoms with Crippen LogP contribution in [0.4, 0.5) is 0 Å². The number of nitrogens with zero attached hydrogens (tertiary/aromatic N) is 3. The largest absolute Gasteiger partial charge is 0.294 e. The standard InChI is InChI=1S/C42H27N3S/c1-2-10-32-28(9-1)16-17-29-18-19-30(25-35(29)34-12-4-6-14-41(34)46-40-13-5-3-11-33(32)40)31-20-21-38-36(26-31)37-27-43-24-22-39(37)45(38)42-15-7-8-23-44-42/h1-27H/b17-16-. The van der Waals surface area contributed by atoms with Crippen LogP contribution in [0, 0.1) is 0 Å². The summed E-state index contributed by atoms with van der Waals surface area (Å²) in [4.78, 5) is 11.6. The lowest BCUT2D eigenvalue weighted by atomic mass is 9.93. The molecular weight excluding hydrogens is 579 g/mol. The van der Waals surface area contributed by atoms with Crippen LogP contribution in [0.15, 0.2) is 162 Å². The smallest absolute Gasteiger partial charge is 0.137 e. The zero-order chi connectivity index (χ0) is 30.5. The van der Waals surface area contributed by atoms with E-state index in [0.29, 0.717) is 0 Å². The Labute approximate surface area is 271 Å². The molecule has 0 spiro atoms. The first-order valence-electron chi connectivity index (χ1n) is 15.4. The first kappa shape index (κ1) is 26.7. The van der Waals surface area contributed by atoms with E-state index in [0.717, 1.165) is 27.6 Å². The van der Waals surface area contributed by atoms with Crippen molar-refractivity contribution < 1.29 is 0 Å². The van der Waals surface area contributed by atoms with Crippen LogP contribution >= 0.6 is 11.8 Å². The monoisotopic (exact) mass is 605 g/mol. The molecule has 5 aromatic carbocycles. The van der Waals surface area contributed by atoms with Gasteiger partial charge in [-0.05, 0) is 93.0 Å². The molecule has 0 atom stereocenters. The quantitative estimate of drug-likeness (QED) is 0.196. The van der Waals surface area contributed by atoms with E-state index in [-0.39, 0.29) is 0 Å². The topological polar surface area (TPSA) is 30.7 Å². The number of fused-ring (bicyclic) bond motifs is 9. The summed E-state index contributed by atoms with van der Waals surface area (Å²) in [5.74, 6) is 0.898. The Bertz CT molecular complexity index is 2460. The zero-order valence-corrected chi connectivity index (χ0v) is 25.7. The van der Waals surface area contributed by atoms with Crippen molar-refractivity contribution in [2.24, 2.45) is 0 Å². The molecule has 0 aliphatic carbocycles. The molecule has 4 heteroatoms. The lowest BCUT2D eigenvalue weighted by Gasteiger charge is -2.15. The van der Waals surface area contributed by atoms with Gasteiger partial charge in [0, 0.05) is 39.2 Å². The maximum Gasteiger partial charge on any atom is 0.137 e. The van der Waals surface area contributed by atoms with Gasteiger partial charge in [0.05, 0.1) is 11.0 Å². The second-order valence-corrected chi connectivity index (χ2v) is 12.5. The highest BCUT2D eigenvalue weighted by molar-refractivity contribution is 7.99. The highest BCUT2D eigenvalue weighted by Gasteiger charge is 2.18. The van der Waals surface area contributed by atoms with Gasteiger partial charge < -0.3 is 0 Å². The van der Waals surface area contributed by atoms with Gasteiger partial charge in [-0.2, -0.15) is 0 Å². The summed E-state index contributed by atoms with van der Waals surface area (Å²) in [5, 5.41) is 2.27. The summed E-state index contributed by atoms with van der Waals surface area (Å²) < 4.78 is 2.22. The molecule has 4 heterocycles. The molecule has 0 unspecified atom stereocenters. The normalized spacial score (nSPS) is 12.9. The molecule has 3 nitrogen and oxygen atoms in total. The van der Waals surface area contributed by atoms with Gasteiger partial charge in [0.25, 0.3) is 0 Å². The van der Waals surface area contributed by atoms with Crippen LogP contribution in [0.1, 0.15) is 11.1 Å². The molecular formula is C42H27N3S. The summed E-state index contributed by atoms with van der Waals surface area (Å²) in [7, 11) is 0. The third-order valence-electron chi connectivity index (χ3n) is 8.81. The fourth-order valence-corrected chi connectivity index (χ4v) is 7.74. The van der Waals surface area contributed by atoms with E-state index in [1.165, 1.54) is 54.3 Å². The molecule has 8 aromatic rings. The first-order chi connectivity index (χ1) is 22.8. The minimum Gasteiger partial charge on any atom is -0.294 e. The molecule has 0 saturated carbocycles. The summed E-state index contributed by atoms with van der Waals surface area (Å²) >= 11 is 1.84. The Hall–Kier alpha value is -5.71. The average molecular weight is 606 g/mol. The minimum absolute atomic E-state index is 0.898. The van der Waals surface area contributed by atoms with Gasteiger partial charge >= 0.3 is 0 Å². The maximum absolute atomic E-state index is 4.67. The number of aromatic nitrogens is 3. The highest BCUT2D eigenvalue weighted by Crippen LogP contribution is 2.44. The maximum atomic E-state index is 4.67. The van der Waals surface area contributed by atoms with Gasteiger partial charge in [-0.3, -0.25) is 9.55 Å². The third-order valence-corrected chi connectivity index (χ3v) is 9.96. The van der Waals surface area contributed by atoms with Crippen molar-refractivity contribution in [2.45, 2.75) is 9.79 Å². The molecule has 0 radical (unpaired) electrons. The first-order valence-corrected chi connectivity index (χ1v) is 16.2. The molecule has 3 aromatic heterocycles. The van der Waals surface area contributed by atoms with Crippen molar-refractivity contribution >= 4 is 45.7 Å². The Morgan fingerprint density at radius 3 is 1.93 bits per heavy atom. The van der Waals surface area contributed by atoms with E-state index in [1.807, 2.05) is 42.5 Å². The zero-order valence-electron chi connectivity index (χ0n) is 24.8. The SMILES string of the molecule is C1=C\c2ccc(-c3ccc4c(c3)c3cnccc3n4-c3ccccn3)cc2-c2ccccc2Sc2ccccc2-c2ccccc2/1. The van der Waals surface area contributed by atoms with Crippen LogP contribution in [0.5, 0.6) is 0 Å². The molecule has 216 valence electrons. The molecule has 46 heavy (non-hydrogen) atoms. The van der Waals surface area contributed by atoms with Gasteiger partial charge in [-0.1, -0.05) is 109 Å². The molecule has 0 N–H and O–H groups in total. The van der Waals surface area contributed by atoms with Crippen LogP contribution in [-0.2, 0) is 0 Å². The van der Waals surface area contributed by atoms with Crippen LogP contribution in [0.25, 0.3) is 73.2 Å². The number of rotatable bonds is 2. The number of hydrogen-bond donors (Lipinski definition) is 0. The molecule has 1 aliphatic heterocycles. The number of benzene rings is 5. The van der Waals surface area contributed by atoms with Gasteiger partial charge in [0.15, 0.2) is 0 Å². The Morgan fingerprint density at radius 1 is 0.478 bits per heavy atom. The van der Waals surface area contributed by atoms with E-state index < -0.39 is 0 Å². The Balaban J connectivity index is 1.24. The van der Waals surface area contributed by atoms with Gasteiger partial charge in [0.1, 0.15) is 5.82 Å². The van der Waals surface area contributed by atoms with Crippen LogP contribution in [-0.4, -0.2) is 14.5 Å². The van der Waals surface area contributed by atoms with Gasteiger partial charge in [0.2, 0.25) is 0 Å². The van der Waals surface area contributed by atoms with Crippen LogP contribution < -0.4 is 0 Å². The van der Waals surface area contributed by atoms with E-state index in [4.69, 9.17) is 0 Å². The van der Waals surface area contributed by atoms with Crippen molar-refractivity contribution in [1.82, 2.24) is 14.5 Å². The van der Waals surface area contributed by atoms with E-state index >= 15 is 0 Å². The molecule has 0 bridgehead atoms. The molecule has 1 aliphatic rings. The fraction of sp³-hybridized carbons (Fsp3) is 0. The second kappa shape index (κ2) is 11.0. The minimum atomic E-state index is 0.898. The molecule has 9 rings (SSSR count). The Kier molecular flexibility index (Phi) is 6.39. The van der Waals surface area contributed by atoms with Crippen molar-refractivity contribution in [3.63, 3.8) is 0 Å². The van der Waals surface area contributed by atoms with Crippen molar-refractivity contribution in [3.05, 3.63) is 163 Å². The van der Waals surface area contributed by atoms with Gasteiger partial charge in [-0.15, -0.1) is 0 Å². The van der Waals surface area contributed by atoms with Gasteiger partial charge in [-0.25, -0.2) is 4.98 Å². The molecule has 0 amide bonds. The fourth-order valence-electron chi connectivity index (χ4n) is 6.63. The predicted octanol–water partition coefficient (Wildman–Crippen LogP) is 11.2. The molecule has 0 fully saturated rings.